The van der Waals surface area contributed by atoms with Crippen LogP contribution in [0.3, 0.4) is 0 Å². The van der Waals surface area contributed by atoms with E-state index in [9.17, 15) is 4.79 Å². The van der Waals surface area contributed by atoms with Gasteiger partial charge >= 0.3 is 0 Å². The zero-order chi connectivity index (χ0) is 11.5. The van der Waals surface area contributed by atoms with E-state index in [-0.39, 0.29) is 5.78 Å². The molecule has 2 rings (SSSR count). The average molecular weight is 311 g/mol. The average Bonchev–Trinajstić information content (AvgIpc) is 2.84. The standard InChI is InChI=1S/C8H4Cl2N2OS3/c9-6-1-4(7(10)15-6)5(13)2-14-8-11-3-12-16-8/h1,3H,2H2. The van der Waals surface area contributed by atoms with Crippen molar-refractivity contribution >= 4 is 63.6 Å². The fourth-order valence-corrected chi connectivity index (χ4v) is 3.79. The van der Waals surface area contributed by atoms with Gasteiger partial charge < -0.3 is 0 Å². The number of carbonyl (C=O) groups excluding carboxylic acids is 1. The number of rotatable bonds is 4. The number of halogens is 2. The molecule has 0 atom stereocenters. The van der Waals surface area contributed by atoms with Crippen molar-refractivity contribution in [2.24, 2.45) is 0 Å². The van der Waals surface area contributed by atoms with Crippen LogP contribution >= 0.6 is 57.8 Å². The highest BCUT2D eigenvalue weighted by atomic mass is 35.5. The Kier molecular flexibility index (Phi) is 4.21. The van der Waals surface area contributed by atoms with Gasteiger partial charge in [0.05, 0.1) is 10.1 Å². The molecule has 2 aromatic rings. The van der Waals surface area contributed by atoms with E-state index in [2.05, 4.69) is 9.36 Å². The maximum absolute atomic E-state index is 11.8. The minimum atomic E-state index is -0.0478. The van der Waals surface area contributed by atoms with Crippen molar-refractivity contribution in [1.29, 1.82) is 0 Å². The van der Waals surface area contributed by atoms with Crippen LogP contribution in [-0.2, 0) is 0 Å². The number of thiophene rings is 1. The van der Waals surface area contributed by atoms with Gasteiger partial charge in [-0.1, -0.05) is 35.0 Å². The molecule has 0 aromatic carbocycles. The summed E-state index contributed by atoms with van der Waals surface area (Å²) >= 11 is 15.4. The molecule has 8 heteroatoms. The first-order chi connectivity index (χ1) is 7.66. The first kappa shape index (κ1) is 12.3. The quantitative estimate of drug-likeness (QED) is 0.635. The molecule has 0 radical (unpaired) electrons. The number of hydrogen-bond acceptors (Lipinski definition) is 6. The molecular weight excluding hydrogens is 307 g/mol. The Morgan fingerprint density at radius 3 is 2.88 bits per heavy atom. The summed E-state index contributed by atoms with van der Waals surface area (Å²) in [4.78, 5) is 15.7. The van der Waals surface area contributed by atoms with E-state index in [0.717, 1.165) is 4.34 Å². The summed E-state index contributed by atoms with van der Waals surface area (Å²) in [5.41, 5.74) is 0.480. The molecule has 0 aliphatic carbocycles. The van der Waals surface area contributed by atoms with Crippen LogP contribution in [0.4, 0.5) is 0 Å². The summed E-state index contributed by atoms with van der Waals surface area (Å²) in [7, 11) is 0. The van der Waals surface area contributed by atoms with Crippen LogP contribution in [0.5, 0.6) is 0 Å². The van der Waals surface area contributed by atoms with Gasteiger partial charge in [-0.25, -0.2) is 4.98 Å². The molecule has 0 spiro atoms. The SMILES string of the molecule is O=C(CSc1ncns1)c1cc(Cl)sc1Cl. The summed E-state index contributed by atoms with van der Waals surface area (Å²) in [5.74, 6) is 0.246. The summed E-state index contributed by atoms with van der Waals surface area (Å²) in [6.45, 7) is 0. The Hall–Kier alpha value is -0.140. The molecule has 0 unspecified atom stereocenters. The van der Waals surface area contributed by atoms with E-state index in [4.69, 9.17) is 23.2 Å². The molecule has 0 bridgehead atoms. The number of hydrogen-bond donors (Lipinski definition) is 0. The second-order valence-corrected chi connectivity index (χ2v) is 6.95. The second kappa shape index (κ2) is 5.46. The van der Waals surface area contributed by atoms with Crippen molar-refractivity contribution in [3.05, 3.63) is 26.6 Å². The lowest BCUT2D eigenvalue weighted by Crippen LogP contribution is -2.00. The fourth-order valence-electron chi connectivity index (χ4n) is 0.962. The minimum Gasteiger partial charge on any atom is -0.293 e. The van der Waals surface area contributed by atoms with Gasteiger partial charge in [-0.15, -0.1) is 11.3 Å². The van der Waals surface area contributed by atoms with Crippen LogP contribution in [0.25, 0.3) is 0 Å². The minimum absolute atomic E-state index is 0.0478. The molecule has 0 amide bonds. The maximum atomic E-state index is 11.8. The van der Waals surface area contributed by atoms with Gasteiger partial charge in [0.1, 0.15) is 10.7 Å². The monoisotopic (exact) mass is 310 g/mol. The van der Waals surface area contributed by atoms with Crippen LogP contribution in [0, 0.1) is 0 Å². The molecule has 0 aliphatic rings. The highest BCUT2D eigenvalue weighted by Gasteiger charge is 2.14. The first-order valence-corrected chi connectivity index (χ1v) is 7.37. The normalized spacial score (nSPS) is 10.6. The molecule has 0 aliphatic heterocycles. The molecule has 16 heavy (non-hydrogen) atoms. The Morgan fingerprint density at radius 2 is 2.31 bits per heavy atom. The van der Waals surface area contributed by atoms with Gasteiger partial charge in [0.25, 0.3) is 0 Å². The van der Waals surface area contributed by atoms with Crippen LogP contribution in [0.15, 0.2) is 16.7 Å². The Balaban J connectivity index is 2.01. The zero-order valence-corrected chi connectivity index (χ0v) is 11.6. The van der Waals surface area contributed by atoms with E-state index in [1.807, 2.05) is 0 Å². The lowest BCUT2D eigenvalue weighted by atomic mass is 10.2. The summed E-state index contributed by atoms with van der Waals surface area (Å²) in [5, 5.41) is 0. The van der Waals surface area contributed by atoms with Crippen molar-refractivity contribution < 1.29 is 4.79 Å². The second-order valence-electron chi connectivity index (χ2n) is 2.66. The van der Waals surface area contributed by atoms with Crippen LogP contribution in [-0.4, -0.2) is 20.9 Å². The third-order valence-electron chi connectivity index (χ3n) is 1.62. The lowest BCUT2D eigenvalue weighted by Gasteiger charge is -1.95. The predicted octanol–water partition coefficient (Wildman–Crippen LogP) is 3.88. The summed E-state index contributed by atoms with van der Waals surface area (Å²) < 4.78 is 5.58. The smallest absolute Gasteiger partial charge is 0.175 e. The Labute approximate surface area is 114 Å². The third-order valence-corrected chi connectivity index (χ3v) is 4.91. The molecular formula is C8H4Cl2N2OS3. The van der Waals surface area contributed by atoms with Gasteiger partial charge in [0, 0.05) is 5.56 Å². The number of aromatic nitrogens is 2. The van der Waals surface area contributed by atoms with Crippen molar-refractivity contribution in [2.75, 3.05) is 5.75 Å². The van der Waals surface area contributed by atoms with Crippen molar-refractivity contribution in [2.45, 2.75) is 4.34 Å². The fraction of sp³-hybridized carbons (Fsp3) is 0.125. The van der Waals surface area contributed by atoms with E-state index < -0.39 is 0 Å². The summed E-state index contributed by atoms with van der Waals surface area (Å²) in [6.07, 6.45) is 1.46. The number of Topliss-reactive ketones (excluding diaryl/α,β-unsaturated/α-hetero) is 1. The first-order valence-electron chi connectivity index (χ1n) is 4.04. The van der Waals surface area contributed by atoms with Crippen molar-refractivity contribution in [3.63, 3.8) is 0 Å². The molecule has 84 valence electrons. The third kappa shape index (κ3) is 2.95. The zero-order valence-electron chi connectivity index (χ0n) is 7.65. The van der Waals surface area contributed by atoms with Crippen LogP contribution in [0.2, 0.25) is 8.67 Å². The van der Waals surface area contributed by atoms with Gasteiger partial charge in [0.2, 0.25) is 0 Å². The van der Waals surface area contributed by atoms with E-state index >= 15 is 0 Å². The number of carbonyl (C=O) groups is 1. The molecule has 0 saturated carbocycles. The largest absolute Gasteiger partial charge is 0.293 e. The number of nitrogens with zero attached hydrogens (tertiary/aromatic N) is 2. The predicted molar refractivity (Wildman–Crippen MR) is 69.3 cm³/mol. The van der Waals surface area contributed by atoms with Gasteiger partial charge in [-0.05, 0) is 17.6 Å². The molecule has 2 aromatic heterocycles. The van der Waals surface area contributed by atoms with E-state index in [0.29, 0.717) is 20.0 Å². The topological polar surface area (TPSA) is 42.9 Å². The van der Waals surface area contributed by atoms with Crippen molar-refractivity contribution in [1.82, 2.24) is 9.36 Å². The van der Waals surface area contributed by atoms with Gasteiger partial charge in [-0.3, -0.25) is 4.79 Å². The Bertz CT molecular complexity index is 497. The van der Waals surface area contributed by atoms with Crippen LogP contribution < -0.4 is 0 Å². The van der Waals surface area contributed by atoms with E-state index in [1.165, 1.54) is 41.0 Å². The van der Waals surface area contributed by atoms with Crippen LogP contribution in [0.1, 0.15) is 10.4 Å². The van der Waals surface area contributed by atoms with Gasteiger partial charge in [0.15, 0.2) is 10.1 Å². The van der Waals surface area contributed by atoms with Gasteiger partial charge in [-0.2, -0.15) is 4.37 Å². The molecule has 2 heterocycles. The lowest BCUT2D eigenvalue weighted by molar-refractivity contribution is 0.102. The highest BCUT2D eigenvalue weighted by molar-refractivity contribution is 8.01. The van der Waals surface area contributed by atoms with E-state index in [1.54, 1.807) is 6.07 Å². The molecule has 3 nitrogen and oxygen atoms in total. The summed E-state index contributed by atoms with van der Waals surface area (Å²) in [6, 6.07) is 1.59. The molecule has 0 saturated heterocycles. The number of thioether (sulfide) groups is 1. The molecule has 0 fully saturated rings. The Morgan fingerprint density at radius 1 is 1.50 bits per heavy atom. The molecule has 0 N–H and O–H groups in total. The highest BCUT2D eigenvalue weighted by Crippen LogP contribution is 2.32. The number of ketones is 1. The van der Waals surface area contributed by atoms with Crippen molar-refractivity contribution in [3.8, 4) is 0 Å². The maximum Gasteiger partial charge on any atom is 0.175 e.